The highest BCUT2D eigenvalue weighted by Crippen LogP contribution is 2.14. The Kier molecular flexibility index (Phi) is 6.22. The van der Waals surface area contributed by atoms with Gasteiger partial charge in [0.25, 0.3) is 0 Å². The summed E-state index contributed by atoms with van der Waals surface area (Å²) in [6.07, 6.45) is 2.56. The van der Waals surface area contributed by atoms with Gasteiger partial charge in [0.15, 0.2) is 0 Å². The van der Waals surface area contributed by atoms with Gasteiger partial charge in [0.2, 0.25) is 0 Å². The average Bonchev–Trinajstić information content (AvgIpc) is 2.35. The number of nitrogens with one attached hydrogen (secondary N) is 1. The first-order valence-electron chi connectivity index (χ1n) is 6.57. The number of aromatic nitrogens is 1. The van der Waals surface area contributed by atoms with E-state index >= 15 is 0 Å². The maximum absolute atomic E-state index is 12.8. The van der Waals surface area contributed by atoms with Gasteiger partial charge in [-0.3, -0.25) is 4.98 Å². The van der Waals surface area contributed by atoms with Gasteiger partial charge in [-0.1, -0.05) is 20.8 Å². The van der Waals surface area contributed by atoms with E-state index in [-0.39, 0.29) is 23.9 Å². The maximum Gasteiger partial charge on any atom is 0.141 e. The lowest BCUT2D eigenvalue weighted by Gasteiger charge is -2.19. The summed E-state index contributed by atoms with van der Waals surface area (Å²) in [6, 6.07) is 3.25. The van der Waals surface area contributed by atoms with E-state index in [1.54, 1.807) is 6.07 Å². The van der Waals surface area contributed by atoms with Crippen LogP contribution in [0.5, 0.6) is 0 Å². The molecule has 2 N–H and O–H groups in total. The molecule has 18 heavy (non-hydrogen) atoms. The topological polar surface area (TPSA) is 45.1 Å². The Bertz CT molecular complexity index is 340. The van der Waals surface area contributed by atoms with E-state index in [1.807, 2.05) is 13.8 Å². The molecular formula is C14H23FN2O. The van der Waals surface area contributed by atoms with Crippen LogP contribution in [0.15, 0.2) is 18.3 Å². The Balaban J connectivity index is 2.45. The molecule has 1 rings (SSSR count). The average molecular weight is 254 g/mol. The molecule has 0 amide bonds. The molecule has 0 aliphatic rings. The predicted molar refractivity (Wildman–Crippen MR) is 70.7 cm³/mol. The van der Waals surface area contributed by atoms with Crippen LogP contribution in [0.3, 0.4) is 0 Å². The number of aliphatic hydroxyl groups is 1. The minimum atomic E-state index is -0.316. The van der Waals surface area contributed by atoms with Gasteiger partial charge in [0.05, 0.1) is 18.0 Å². The van der Waals surface area contributed by atoms with Crippen molar-refractivity contribution in [3.63, 3.8) is 0 Å². The summed E-state index contributed by atoms with van der Waals surface area (Å²) in [5, 5.41) is 13.1. The number of hydrogen-bond donors (Lipinski definition) is 2. The lowest BCUT2D eigenvalue weighted by Crippen LogP contribution is -2.27. The van der Waals surface area contributed by atoms with E-state index in [2.05, 4.69) is 17.2 Å². The lowest BCUT2D eigenvalue weighted by molar-refractivity contribution is 0.115. The summed E-state index contributed by atoms with van der Waals surface area (Å²) in [6.45, 7) is 6.80. The van der Waals surface area contributed by atoms with Gasteiger partial charge in [0, 0.05) is 6.04 Å². The van der Waals surface area contributed by atoms with Gasteiger partial charge in [-0.15, -0.1) is 0 Å². The van der Waals surface area contributed by atoms with Crippen LogP contribution >= 0.6 is 0 Å². The van der Waals surface area contributed by atoms with Gasteiger partial charge < -0.3 is 10.4 Å². The largest absolute Gasteiger partial charge is 0.393 e. The van der Waals surface area contributed by atoms with Crippen molar-refractivity contribution in [1.82, 2.24) is 10.3 Å². The van der Waals surface area contributed by atoms with Crippen LogP contribution in [-0.4, -0.2) is 22.7 Å². The molecule has 3 nitrogen and oxygen atoms in total. The molecule has 0 aliphatic carbocycles. The molecule has 0 bridgehead atoms. The molecular weight excluding hydrogens is 231 g/mol. The van der Waals surface area contributed by atoms with Crippen LogP contribution in [0.2, 0.25) is 0 Å². The van der Waals surface area contributed by atoms with E-state index in [0.29, 0.717) is 0 Å². The van der Waals surface area contributed by atoms with Crippen LogP contribution in [0.25, 0.3) is 0 Å². The first-order valence-corrected chi connectivity index (χ1v) is 6.57. The Hall–Kier alpha value is -1.00. The van der Waals surface area contributed by atoms with E-state index in [0.717, 1.165) is 25.1 Å². The molecule has 0 aliphatic heterocycles. The number of nitrogens with zero attached hydrogens (tertiary/aromatic N) is 1. The molecule has 102 valence electrons. The van der Waals surface area contributed by atoms with Gasteiger partial charge in [0.1, 0.15) is 5.82 Å². The van der Waals surface area contributed by atoms with Gasteiger partial charge in [-0.05, 0) is 37.4 Å². The van der Waals surface area contributed by atoms with E-state index < -0.39 is 0 Å². The number of aliphatic hydroxyl groups excluding tert-OH is 1. The third-order valence-electron chi connectivity index (χ3n) is 3.12. The second-order valence-electron chi connectivity index (χ2n) is 4.92. The standard InChI is InChI=1S/C14H23FN2O/c1-4-12(13-6-5-11(15)9-17-13)16-8-7-14(18)10(2)3/h5-6,9-10,12,14,16,18H,4,7-8H2,1-3H3. The summed E-state index contributed by atoms with van der Waals surface area (Å²) in [4.78, 5) is 4.08. The Morgan fingerprint density at radius 3 is 2.61 bits per heavy atom. The third kappa shape index (κ3) is 4.70. The SMILES string of the molecule is CCC(NCCC(O)C(C)C)c1ccc(F)cn1. The van der Waals surface area contributed by atoms with Crippen LogP contribution in [0.1, 0.15) is 45.3 Å². The van der Waals surface area contributed by atoms with Crippen LogP contribution in [-0.2, 0) is 0 Å². The highest BCUT2D eigenvalue weighted by Gasteiger charge is 2.12. The highest BCUT2D eigenvalue weighted by atomic mass is 19.1. The number of hydrogen-bond acceptors (Lipinski definition) is 3. The predicted octanol–water partition coefficient (Wildman–Crippen LogP) is 2.67. The van der Waals surface area contributed by atoms with Crippen molar-refractivity contribution in [2.45, 2.75) is 45.8 Å². The zero-order valence-corrected chi connectivity index (χ0v) is 11.4. The molecule has 0 fully saturated rings. The molecule has 1 heterocycles. The van der Waals surface area contributed by atoms with Crippen molar-refractivity contribution < 1.29 is 9.50 Å². The van der Waals surface area contributed by atoms with Crippen molar-refractivity contribution in [1.29, 1.82) is 0 Å². The fraction of sp³-hybridized carbons (Fsp3) is 0.643. The Morgan fingerprint density at radius 1 is 1.39 bits per heavy atom. The quantitative estimate of drug-likeness (QED) is 0.786. The molecule has 2 unspecified atom stereocenters. The molecule has 0 saturated carbocycles. The second-order valence-corrected chi connectivity index (χ2v) is 4.92. The first kappa shape index (κ1) is 15.1. The van der Waals surface area contributed by atoms with Crippen LogP contribution < -0.4 is 5.32 Å². The molecule has 0 spiro atoms. The van der Waals surface area contributed by atoms with E-state index in [4.69, 9.17) is 0 Å². The number of rotatable bonds is 7. The Morgan fingerprint density at radius 2 is 2.11 bits per heavy atom. The zero-order chi connectivity index (χ0) is 13.5. The fourth-order valence-corrected chi connectivity index (χ4v) is 1.79. The van der Waals surface area contributed by atoms with Crippen molar-refractivity contribution in [2.75, 3.05) is 6.54 Å². The summed E-state index contributed by atoms with van der Waals surface area (Å²) in [7, 11) is 0. The molecule has 4 heteroatoms. The lowest BCUT2D eigenvalue weighted by atomic mass is 10.0. The van der Waals surface area contributed by atoms with Crippen molar-refractivity contribution in [3.05, 3.63) is 29.8 Å². The van der Waals surface area contributed by atoms with E-state index in [9.17, 15) is 9.50 Å². The van der Waals surface area contributed by atoms with Gasteiger partial charge >= 0.3 is 0 Å². The highest BCUT2D eigenvalue weighted by molar-refractivity contribution is 5.09. The summed E-state index contributed by atoms with van der Waals surface area (Å²) >= 11 is 0. The first-order chi connectivity index (χ1) is 8.54. The maximum atomic E-state index is 12.8. The van der Waals surface area contributed by atoms with Crippen molar-refractivity contribution in [3.8, 4) is 0 Å². The number of pyridine rings is 1. The zero-order valence-electron chi connectivity index (χ0n) is 11.4. The summed E-state index contributed by atoms with van der Waals surface area (Å²) in [5.41, 5.74) is 0.845. The molecule has 2 atom stereocenters. The molecule has 1 aromatic heterocycles. The van der Waals surface area contributed by atoms with Crippen LogP contribution in [0, 0.1) is 11.7 Å². The fourth-order valence-electron chi connectivity index (χ4n) is 1.79. The summed E-state index contributed by atoms with van der Waals surface area (Å²) in [5.74, 6) is -0.0420. The van der Waals surface area contributed by atoms with Crippen LogP contribution in [0.4, 0.5) is 4.39 Å². The van der Waals surface area contributed by atoms with Crippen molar-refractivity contribution in [2.24, 2.45) is 5.92 Å². The molecule has 0 saturated heterocycles. The second kappa shape index (κ2) is 7.44. The van der Waals surface area contributed by atoms with Gasteiger partial charge in [-0.25, -0.2) is 4.39 Å². The third-order valence-corrected chi connectivity index (χ3v) is 3.12. The number of halogens is 1. The minimum Gasteiger partial charge on any atom is -0.393 e. The monoisotopic (exact) mass is 254 g/mol. The molecule has 1 aromatic rings. The minimum absolute atomic E-state index is 0.116. The molecule has 0 radical (unpaired) electrons. The van der Waals surface area contributed by atoms with Gasteiger partial charge in [-0.2, -0.15) is 0 Å². The Labute approximate surface area is 108 Å². The molecule has 0 aromatic carbocycles. The van der Waals surface area contributed by atoms with E-state index in [1.165, 1.54) is 12.3 Å². The normalized spacial score (nSPS) is 14.8. The smallest absolute Gasteiger partial charge is 0.141 e. The van der Waals surface area contributed by atoms with Crippen molar-refractivity contribution >= 4 is 0 Å². The summed E-state index contributed by atoms with van der Waals surface area (Å²) < 4.78 is 12.8.